The van der Waals surface area contributed by atoms with Gasteiger partial charge in [-0.3, -0.25) is 0 Å². The van der Waals surface area contributed by atoms with Crippen LogP contribution < -0.4 is 5.32 Å². The van der Waals surface area contributed by atoms with E-state index in [2.05, 4.69) is 19.9 Å². The highest BCUT2D eigenvalue weighted by Gasteiger charge is 2.48. The molecule has 0 saturated heterocycles. The van der Waals surface area contributed by atoms with E-state index in [0.717, 1.165) is 6.42 Å². The summed E-state index contributed by atoms with van der Waals surface area (Å²) in [5.74, 6) is -5.89. The van der Waals surface area contributed by atoms with Crippen molar-refractivity contribution in [2.75, 3.05) is 6.54 Å². The van der Waals surface area contributed by atoms with Crippen LogP contribution in [-0.2, 0) is 5.92 Å². The molecule has 0 aliphatic rings. The van der Waals surface area contributed by atoms with Gasteiger partial charge in [0.1, 0.15) is 0 Å². The summed E-state index contributed by atoms with van der Waals surface area (Å²) < 4.78 is 54.3. The fourth-order valence-corrected chi connectivity index (χ4v) is 1.09. The first-order valence-corrected chi connectivity index (χ1v) is 5.12. The van der Waals surface area contributed by atoms with Gasteiger partial charge in [0.25, 0.3) is 5.89 Å². The molecule has 0 radical (unpaired) electrons. The van der Waals surface area contributed by atoms with Gasteiger partial charge in [-0.1, -0.05) is 6.92 Å². The maximum atomic E-state index is 12.8. The summed E-state index contributed by atoms with van der Waals surface area (Å²) in [5, 5.41) is 9.19. The molecule has 0 amide bonds. The average molecular weight is 255 g/mol. The second kappa shape index (κ2) is 5.44. The third kappa shape index (κ3) is 3.15. The highest BCUT2D eigenvalue weighted by atomic mass is 19.3. The zero-order chi connectivity index (χ0) is 13.1. The zero-order valence-corrected chi connectivity index (χ0v) is 9.38. The number of alkyl halides is 4. The lowest BCUT2D eigenvalue weighted by Gasteiger charge is -2.10. The molecule has 8 heteroatoms. The minimum Gasteiger partial charge on any atom is -0.418 e. The molecule has 1 N–H and O–H groups in total. The molecule has 0 bridgehead atoms. The Bertz CT molecular complexity index is 356. The van der Waals surface area contributed by atoms with Crippen molar-refractivity contribution in [1.29, 1.82) is 0 Å². The SMILES string of the molecule is CCCNC(C)c1nnc(C(F)(F)C(F)F)o1. The molecule has 0 aliphatic heterocycles. The van der Waals surface area contributed by atoms with Gasteiger partial charge in [0, 0.05) is 0 Å². The van der Waals surface area contributed by atoms with E-state index in [1.54, 1.807) is 6.92 Å². The number of nitrogens with zero attached hydrogens (tertiary/aromatic N) is 2. The van der Waals surface area contributed by atoms with E-state index in [-0.39, 0.29) is 5.89 Å². The highest BCUT2D eigenvalue weighted by molar-refractivity contribution is 4.95. The van der Waals surface area contributed by atoms with Crippen LogP contribution in [0.1, 0.15) is 38.1 Å². The molecule has 0 spiro atoms. The third-order valence-corrected chi connectivity index (χ3v) is 2.07. The van der Waals surface area contributed by atoms with Crippen molar-refractivity contribution in [2.24, 2.45) is 0 Å². The second-order valence-electron chi connectivity index (χ2n) is 3.54. The molecule has 17 heavy (non-hydrogen) atoms. The molecule has 1 rings (SSSR count). The van der Waals surface area contributed by atoms with Gasteiger partial charge in [0.05, 0.1) is 6.04 Å². The molecular formula is C9H13F4N3O. The van der Waals surface area contributed by atoms with Crippen LogP contribution in [0.25, 0.3) is 0 Å². The van der Waals surface area contributed by atoms with Crippen molar-refractivity contribution in [3.63, 3.8) is 0 Å². The van der Waals surface area contributed by atoms with Crippen LogP contribution in [0.2, 0.25) is 0 Å². The second-order valence-corrected chi connectivity index (χ2v) is 3.54. The highest BCUT2D eigenvalue weighted by Crippen LogP contribution is 2.33. The van der Waals surface area contributed by atoms with Crippen LogP contribution in [0.5, 0.6) is 0 Å². The molecule has 0 aliphatic carbocycles. The molecule has 4 nitrogen and oxygen atoms in total. The van der Waals surface area contributed by atoms with Gasteiger partial charge in [-0.25, -0.2) is 8.78 Å². The van der Waals surface area contributed by atoms with E-state index in [4.69, 9.17) is 0 Å². The van der Waals surface area contributed by atoms with E-state index in [1.807, 2.05) is 6.92 Å². The third-order valence-electron chi connectivity index (χ3n) is 2.07. The van der Waals surface area contributed by atoms with Crippen molar-refractivity contribution in [1.82, 2.24) is 15.5 Å². The largest absolute Gasteiger partial charge is 0.418 e. The van der Waals surface area contributed by atoms with Crippen LogP contribution in [0.3, 0.4) is 0 Å². The van der Waals surface area contributed by atoms with Gasteiger partial charge in [-0.2, -0.15) is 8.78 Å². The predicted octanol–water partition coefficient (Wildman–Crippen LogP) is 2.49. The number of aromatic nitrogens is 2. The molecule has 1 aromatic rings. The lowest BCUT2D eigenvalue weighted by molar-refractivity contribution is -0.151. The fraction of sp³-hybridized carbons (Fsp3) is 0.778. The van der Waals surface area contributed by atoms with E-state index in [1.165, 1.54) is 0 Å². The number of rotatable bonds is 6. The maximum Gasteiger partial charge on any atom is 0.382 e. The lowest BCUT2D eigenvalue weighted by Crippen LogP contribution is -2.24. The first kappa shape index (κ1) is 13.9. The number of nitrogens with one attached hydrogen (secondary N) is 1. The van der Waals surface area contributed by atoms with E-state index in [9.17, 15) is 17.6 Å². The minimum atomic E-state index is -4.41. The summed E-state index contributed by atoms with van der Waals surface area (Å²) in [6.07, 6.45) is -3.03. The standard InChI is InChI=1S/C9H13F4N3O/c1-3-4-14-5(2)6-15-16-8(17-6)9(12,13)7(10)11/h5,7,14H,3-4H2,1-2H3. The van der Waals surface area contributed by atoms with E-state index < -0.39 is 24.3 Å². The molecule has 1 unspecified atom stereocenters. The molecule has 0 aromatic carbocycles. The normalized spacial score (nSPS) is 14.3. The summed E-state index contributed by atoms with van der Waals surface area (Å²) in [6.45, 7) is 4.17. The van der Waals surface area contributed by atoms with Crippen LogP contribution in [0, 0.1) is 0 Å². The Labute approximate surface area is 95.4 Å². The minimum absolute atomic E-state index is 0.131. The molecule has 1 heterocycles. The summed E-state index contributed by atoms with van der Waals surface area (Å²) in [5.41, 5.74) is 0. The molecular weight excluding hydrogens is 242 g/mol. The Balaban J connectivity index is 2.77. The number of hydrogen-bond donors (Lipinski definition) is 1. The summed E-state index contributed by atoms with van der Waals surface area (Å²) in [4.78, 5) is 0. The average Bonchev–Trinajstić information content (AvgIpc) is 2.75. The summed E-state index contributed by atoms with van der Waals surface area (Å²) >= 11 is 0. The Kier molecular flexibility index (Phi) is 4.44. The van der Waals surface area contributed by atoms with Gasteiger partial charge in [0.2, 0.25) is 5.89 Å². The monoisotopic (exact) mass is 255 g/mol. The Morgan fingerprint density at radius 3 is 2.53 bits per heavy atom. The van der Waals surface area contributed by atoms with Gasteiger partial charge < -0.3 is 9.73 Å². The van der Waals surface area contributed by atoms with Gasteiger partial charge in [-0.15, -0.1) is 10.2 Å². The Hall–Kier alpha value is -1.18. The van der Waals surface area contributed by atoms with E-state index in [0.29, 0.717) is 6.54 Å². The summed E-state index contributed by atoms with van der Waals surface area (Å²) in [6, 6.07) is -0.454. The Morgan fingerprint density at radius 1 is 1.35 bits per heavy atom. The smallest absolute Gasteiger partial charge is 0.382 e. The quantitative estimate of drug-likeness (QED) is 0.793. The lowest BCUT2D eigenvalue weighted by atomic mass is 10.3. The first-order valence-electron chi connectivity index (χ1n) is 5.12. The first-order chi connectivity index (χ1) is 7.89. The van der Waals surface area contributed by atoms with Crippen LogP contribution in [0.15, 0.2) is 4.42 Å². The van der Waals surface area contributed by atoms with Gasteiger partial charge in [0.15, 0.2) is 0 Å². The van der Waals surface area contributed by atoms with Crippen molar-refractivity contribution in [3.8, 4) is 0 Å². The van der Waals surface area contributed by atoms with E-state index >= 15 is 0 Å². The molecule has 0 fully saturated rings. The Morgan fingerprint density at radius 2 is 2.00 bits per heavy atom. The van der Waals surface area contributed by atoms with Gasteiger partial charge >= 0.3 is 12.3 Å². The van der Waals surface area contributed by atoms with Crippen molar-refractivity contribution in [2.45, 2.75) is 38.7 Å². The molecule has 1 aromatic heterocycles. The van der Waals surface area contributed by atoms with Crippen LogP contribution >= 0.6 is 0 Å². The van der Waals surface area contributed by atoms with Crippen molar-refractivity contribution in [3.05, 3.63) is 11.8 Å². The van der Waals surface area contributed by atoms with Crippen LogP contribution in [-0.4, -0.2) is 23.2 Å². The van der Waals surface area contributed by atoms with Gasteiger partial charge in [-0.05, 0) is 19.9 Å². The van der Waals surface area contributed by atoms with Crippen molar-refractivity contribution < 1.29 is 22.0 Å². The molecule has 0 saturated carbocycles. The molecule has 98 valence electrons. The van der Waals surface area contributed by atoms with Crippen LogP contribution in [0.4, 0.5) is 17.6 Å². The zero-order valence-electron chi connectivity index (χ0n) is 9.38. The van der Waals surface area contributed by atoms with Crippen molar-refractivity contribution >= 4 is 0 Å². The number of hydrogen-bond acceptors (Lipinski definition) is 4. The predicted molar refractivity (Wildman–Crippen MR) is 50.9 cm³/mol. The maximum absolute atomic E-state index is 12.8. The fourth-order valence-electron chi connectivity index (χ4n) is 1.09. The number of halogens is 4. The topological polar surface area (TPSA) is 51.0 Å². The molecule has 1 atom stereocenters. The summed E-state index contributed by atoms with van der Waals surface area (Å²) in [7, 11) is 0.